The molecule has 0 aliphatic carbocycles. The fourth-order valence-electron chi connectivity index (χ4n) is 9.58. The predicted octanol–water partition coefficient (Wildman–Crippen LogP) is 7.27. The average Bonchev–Trinajstić information content (AvgIpc) is 4.02. The van der Waals surface area contributed by atoms with Gasteiger partial charge in [0.05, 0.1) is 54.7 Å². The molecule has 4 aromatic rings. The number of H-pyrrole nitrogens is 3. The van der Waals surface area contributed by atoms with Crippen molar-refractivity contribution in [3.63, 3.8) is 0 Å². The molecule has 2 amide bonds. The van der Waals surface area contributed by atoms with Gasteiger partial charge in [0.1, 0.15) is 0 Å². The first kappa shape index (κ1) is 47.1. The Balaban J connectivity index is 1.69. The van der Waals surface area contributed by atoms with Crippen molar-refractivity contribution < 1.29 is 30.0 Å². The van der Waals surface area contributed by atoms with Crippen LogP contribution in [0.15, 0.2) is 24.3 Å². The molecular weight excluding hydrogens is 795 g/mol. The maximum atomic E-state index is 13.5. The number of nitrogens with zero attached hydrogens (tertiary/aromatic N) is 4. The number of carbonyl (C=O) groups excluding carboxylic acids is 2. The van der Waals surface area contributed by atoms with Crippen molar-refractivity contribution in [3.05, 3.63) is 80.4 Å². The molecule has 0 fully saturated rings. The second kappa shape index (κ2) is 20.9. The van der Waals surface area contributed by atoms with Crippen molar-refractivity contribution in [3.8, 4) is 0 Å². The number of rotatable bonds is 18. The Kier molecular flexibility index (Phi) is 15.6. The van der Waals surface area contributed by atoms with E-state index in [0.29, 0.717) is 12.8 Å². The van der Waals surface area contributed by atoms with Crippen molar-refractivity contribution >= 4 is 67.2 Å². The van der Waals surface area contributed by atoms with E-state index in [1.54, 1.807) is 0 Å². The van der Waals surface area contributed by atoms with E-state index in [1.807, 2.05) is 0 Å². The number of fused-ring (bicyclic) bond motifs is 11. The molecule has 10 bridgehead atoms. The zero-order chi connectivity index (χ0) is 45.5. The van der Waals surface area contributed by atoms with E-state index in [1.165, 1.54) is 26.5 Å². The highest BCUT2D eigenvalue weighted by Crippen LogP contribution is 2.39. The number of hydrogen-bond acceptors (Lipinski definition) is 8. The van der Waals surface area contributed by atoms with Gasteiger partial charge in [0.25, 0.3) is 0 Å². The number of amides is 2. The summed E-state index contributed by atoms with van der Waals surface area (Å²) in [4.78, 5) is 51.9. The van der Waals surface area contributed by atoms with Crippen LogP contribution in [-0.4, -0.2) is 120 Å². The minimum atomic E-state index is -0.182. The van der Waals surface area contributed by atoms with Crippen LogP contribution in [0.5, 0.6) is 0 Å². The molecule has 0 atom stereocenters. The lowest BCUT2D eigenvalue weighted by molar-refractivity contribution is -0.132. The van der Waals surface area contributed by atoms with Gasteiger partial charge in [-0.05, 0) is 146 Å². The number of aromatic nitrogens is 5. The van der Waals surface area contributed by atoms with Crippen LogP contribution in [-0.2, 0) is 35.3 Å². The lowest BCUT2D eigenvalue weighted by Crippen LogP contribution is -2.36. The number of allylic oxidation sites excluding steroid dienone is 4. The molecule has 0 unspecified atom stereocenters. The summed E-state index contributed by atoms with van der Waals surface area (Å²) < 4.78 is 0. The molecule has 63 heavy (non-hydrogen) atoms. The number of nitrogens with one attached hydrogen (secondary N) is 3. The highest BCUT2D eigenvalue weighted by molar-refractivity contribution is 5.99. The number of aromatic amines is 3. The Morgan fingerprint density at radius 3 is 1.56 bits per heavy atom. The molecule has 13 nitrogen and oxygen atoms in total. The Labute approximate surface area is 370 Å². The van der Waals surface area contributed by atoms with Crippen LogP contribution >= 0.6 is 0 Å². The number of aliphatic hydroxyl groups is 4. The molecule has 0 saturated carbocycles. The van der Waals surface area contributed by atoms with E-state index in [0.717, 1.165) is 121 Å². The van der Waals surface area contributed by atoms with Crippen molar-refractivity contribution in [1.82, 2.24) is 34.7 Å². The standard InChI is InChI=1S/C50H67N7O6/c1-9-33-31(7)49-50-32(8)34(10-2)42(55-50)26-40-30(6)38(14-16-48(63)57(19-23-60)20-24-61)46(52-40)28-44-36(12-4)35(11-3)43(53-44)27-45-37(29(5)39(51-45)25-41(33)54-49)13-15-47(62)56(17-21-58)18-22-59/h25-28,51,53-54,58-61H,9-24H2,1-8H3. The molecule has 0 spiro atoms. The summed E-state index contributed by atoms with van der Waals surface area (Å²) >= 11 is 0. The third kappa shape index (κ3) is 9.62. The molecule has 338 valence electrons. The molecule has 13 heteroatoms. The molecular formula is C50H67N7O6. The van der Waals surface area contributed by atoms with Crippen molar-refractivity contribution in [2.45, 2.75) is 107 Å². The van der Waals surface area contributed by atoms with Gasteiger partial charge >= 0.3 is 0 Å². The molecule has 2 aliphatic rings. The SMILES string of the molecule is CCC1=C(C)c2nc1cc1nc(cc3[nH]c(cc4[nH]c(cc5[nH]c2c(C)c5CC)c(C)c4CCC(=O)N(CCO)CCO)c(CC)c3CC)C(CCC(=O)N(CCO)CCO)=C1C. The van der Waals surface area contributed by atoms with Crippen LogP contribution in [0.2, 0.25) is 0 Å². The first-order chi connectivity index (χ1) is 30.4. The summed E-state index contributed by atoms with van der Waals surface area (Å²) in [6.07, 6.45) is 4.42. The Morgan fingerprint density at radius 1 is 0.508 bits per heavy atom. The zero-order valence-corrected chi connectivity index (χ0v) is 38.5. The van der Waals surface area contributed by atoms with Crippen LogP contribution in [0.4, 0.5) is 0 Å². The van der Waals surface area contributed by atoms with Crippen molar-refractivity contribution in [2.24, 2.45) is 0 Å². The van der Waals surface area contributed by atoms with Crippen LogP contribution in [0.1, 0.15) is 123 Å². The largest absolute Gasteiger partial charge is 0.395 e. The van der Waals surface area contributed by atoms with Gasteiger partial charge in [-0.2, -0.15) is 0 Å². The minimum absolute atomic E-state index is 0.127. The highest BCUT2D eigenvalue weighted by atomic mass is 16.3. The summed E-state index contributed by atoms with van der Waals surface area (Å²) in [5.41, 5.74) is 20.0. The molecule has 6 rings (SSSR count). The predicted molar refractivity (Wildman–Crippen MR) is 254 cm³/mol. The quantitative estimate of drug-likeness (QED) is 0.0543. The fraction of sp³-hybridized carbons (Fsp3) is 0.480. The summed E-state index contributed by atoms with van der Waals surface area (Å²) in [7, 11) is 0. The molecule has 2 aliphatic heterocycles. The third-order valence-electron chi connectivity index (χ3n) is 13.0. The maximum absolute atomic E-state index is 13.5. The van der Waals surface area contributed by atoms with Crippen LogP contribution in [0.3, 0.4) is 0 Å². The van der Waals surface area contributed by atoms with Gasteiger partial charge in [-0.1, -0.05) is 27.7 Å². The lowest BCUT2D eigenvalue weighted by Gasteiger charge is -2.20. The average molecular weight is 862 g/mol. The Hall–Kier alpha value is -5.34. The number of carbonyl (C=O) groups is 2. The second-order valence-corrected chi connectivity index (χ2v) is 16.6. The van der Waals surface area contributed by atoms with Crippen LogP contribution in [0.25, 0.3) is 55.4 Å². The third-order valence-corrected chi connectivity index (χ3v) is 13.0. The van der Waals surface area contributed by atoms with Gasteiger partial charge in [0.2, 0.25) is 11.8 Å². The lowest BCUT2D eigenvalue weighted by atomic mass is 9.99. The first-order valence-corrected chi connectivity index (χ1v) is 22.7. The molecule has 6 heterocycles. The van der Waals surface area contributed by atoms with Gasteiger partial charge in [0.15, 0.2) is 0 Å². The smallest absolute Gasteiger partial charge is 0.223 e. The topological polar surface area (TPSA) is 195 Å². The van der Waals surface area contributed by atoms with Gasteiger partial charge < -0.3 is 45.2 Å². The molecule has 0 aromatic carbocycles. The molecule has 0 saturated heterocycles. The number of hydrogen-bond donors (Lipinski definition) is 7. The zero-order valence-electron chi connectivity index (χ0n) is 38.5. The highest BCUT2D eigenvalue weighted by Gasteiger charge is 2.24. The van der Waals surface area contributed by atoms with Gasteiger partial charge in [-0.25, -0.2) is 9.97 Å². The van der Waals surface area contributed by atoms with Gasteiger partial charge in [-0.15, -0.1) is 0 Å². The molecule has 7 N–H and O–H groups in total. The monoisotopic (exact) mass is 862 g/mol. The number of aryl methyl sites for hydroxylation is 6. The normalized spacial score (nSPS) is 12.8. The van der Waals surface area contributed by atoms with E-state index in [2.05, 4.69) is 94.6 Å². The summed E-state index contributed by atoms with van der Waals surface area (Å²) in [6.45, 7) is 17.0. The summed E-state index contributed by atoms with van der Waals surface area (Å²) in [6, 6.07) is 8.53. The first-order valence-electron chi connectivity index (χ1n) is 22.7. The number of aliphatic hydroxyl groups excluding tert-OH is 4. The maximum Gasteiger partial charge on any atom is 0.223 e. The van der Waals surface area contributed by atoms with E-state index in [4.69, 9.17) is 9.97 Å². The van der Waals surface area contributed by atoms with Crippen molar-refractivity contribution in [1.29, 1.82) is 0 Å². The fourth-order valence-corrected chi connectivity index (χ4v) is 9.58. The molecule has 4 aromatic heterocycles. The second-order valence-electron chi connectivity index (χ2n) is 16.6. The van der Waals surface area contributed by atoms with E-state index in [9.17, 15) is 30.0 Å². The van der Waals surface area contributed by atoms with E-state index >= 15 is 0 Å². The van der Waals surface area contributed by atoms with Crippen molar-refractivity contribution in [2.75, 3.05) is 52.6 Å². The van der Waals surface area contributed by atoms with Crippen LogP contribution in [0, 0.1) is 13.8 Å². The van der Waals surface area contributed by atoms with Gasteiger partial charge in [0, 0.05) is 66.6 Å². The summed E-state index contributed by atoms with van der Waals surface area (Å²) in [5, 5.41) is 38.6. The van der Waals surface area contributed by atoms with E-state index in [-0.39, 0.29) is 77.3 Å². The Morgan fingerprint density at radius 2 is 1.00 bits per heavy atom. The Bertz CT molecular complexity index is 2620. The van der Waals surface area contributed by atoms with Crippen LogP contribution < -0.4 is 0 Å². The summed E-state index contributed by atoms with van der Waals surface area (Å²) in [5.74, 6) is -0.266. The van der Waals surface area contributed by atoms with E-state index < -0.39 is 0 Å². The molecule has 0 radical (unpaired) electrons. The van der Waals surface area contributed by atoms with Gasteiger partial charge in [-0.3, -0.25) is 9.59 Å². The minimum Gasteiger partial charge on any atom is -0.395 e.